The van der Waals surface area contributed by atoms with E-state index in [1.54, 1.807) is 13.8 Å². The molecule has 86 valence electrons. The van der Waals surface area contributed by atoms with Gasteiger partial charge < -0.3 is 10.4 Å². The molecule has 1 amide bonds. The van der Waals surface area contributed by atoms with E-state index in [0.717, 1.165) is 0 Å². The number of amides is 1. The van der Waals surface area contributed by atoms with Crippen LogP contribution in [0.2, 0.25) is 0 Å². The molecule has 1 rings (SSSR count). The number of carbonyl (C=O) groups is 2. The van der Waals surface area contributed by atoms with Gasteiger partial charge in [-0.2, -0.15) is 0 Å². The summed E-state index contributed by atoms with van der Waals surface area (Å²) < 4.78 is 0. The number of aryl methyl sites for hydroxylation is 2. The molecule has 0 atom stereocenters. The maximum atomic E-state index is 11.1. The van der Waals surface area contributed by atoms with E-state index in [9.17, 15) is 9.59 Å². The third-order valence-corrected chi connectivity index (χ3v) is 2.41. The average molecular weight is 242 g/mol. The molecule has 4 nitrogen and oxygen atoms in total. The molecule has 0 bridgehead atoms. The summed E-state index contributed by atoms with van der Waals surface area (Å²) in [5, 5.41) is 11.5. The molecule has 0 fully saturated rings. The Balaban J connectivity index is 3.12. The van der Waals surface area contributed by atoms with Gasteiger partial charge in [0.25, 0.3) is 0 Å². The first-order valence-corrected chi connectivity index (χ1v) is 5.19. The predicted molar refractivity (Wildman–Crippen MR) is 62.2 cm³/mol. The molecule has 0 radical (unpaired) electrons. The molecule has 0 aliphatic rings. The highest BCUT2D eigenvalue weighted by Gasteiger charge is 2.11. The average Bonchev–Trinajstić information content (AvgIpc) is 2.22. The van der Waals surface area contributed by atoms with E-state index in [0.29, 0.717) is 16.8 Å². The molecule has 0 heterocycles. The Morgan fingerprint density at radius 2 is 1.81 bits per heavy atom. The highest BCUT2D eigenvalue weighted by molar-refractivity contribution is 6.29. The maximum absolute atomic E-state index is 11.1. The second-order valence-electron chi connectivity index (χ2n) is 3.47. The van der Waals surface area contributed by atoms with Crippen molar-refractivity contribution in [1.29, 1.82) is 0 Å². The summed E-state index contributed by atoms with van der Waals surface area (Å²) in [5.41, 5.74) is 2.24. The van der Waals surface area contributed by atoms with Crippen LogP contribution in [0.25, 0.3) is 0 Å². The second-order valence-corrected chi connectivity index (χ2v) is 3.74. The minimum absolute atomic E-state index is 0.125. The third-order valence-electron chi connectivity index (χ3n) is 2.17. The largest absolute Gasteiger partial charge is 0.478 e. The number of halogens is 1. The lowest BCUT2D eigenvalue weighted by Gasteiger charge is -2.11. The van der Waals surface area contributed by atoms with Crippen molar-refractivity contribution in [3.8, 4) is 0 Å². The van der Waals surface area contributed by atoms with Crippen molar-refractivity contribution in [2.75, 3.05) is 11.2 Å². The number of carbonyl (C=O) groups excluding carboxylic acids is 1. The summed E-state index contributed by atoms with van der Waals surface area (Å²) in [4.78, 5) is 21.9. The van der Waals surface area contributed by atoms with E-state index < -0.39 is 5.97 Å². The minimum atomic E-state index is -0.985. The highest BCUT2D eigenvalue weighted by Crippen LogP contribution is 2.22. The van der Waals surface area contributed by atoms with Gasteiger partial charge >= 0.3 is 5.97 Å². The SMILES string of the molecule is Cc1cc(C(=O)O)cc(C)c1NC(=O)CCl. The van der Waals surface area contributed by atoms with E-state index in [-0.39, 0.29) is 17.4 Å². The van der Waals surface area contributed by atoms with E-state index in [4.69, 9.17) is 16.7 Å². The summed E-state index contributed by atoms with van der Waals surface area (Å²) in [6, 6.07) is 3.03. The van der Waals surface area contributed by atoms with Gasteiger partial charge in [-0.25, -0.2) is 4.79 Å². The molecule has 2 N–H and O–H groups in total. The van der Waals surface area contributed by atoms with Gasteiger partial charge in [-0.1, -0.05) is 0 Å². The molecule has 0 unspecified atom stereocenters. The number of hydrogen-bond donors (Lipinski definition) is 2. The molecule has 0 saturated heterocycles. The molecule has 0 saturated carbocycles. The van der Waals surface area contributed by atoms with Crippen LogP contribution in [0.15, 0.2) is 12.1 Å². The Labute approximate surface area is 98.2 Å². The smallest absolute Gasteiger partial charge is 0.335 e. The fourth-order valence-electron chi connectivity index (χ4n) is 1.46. The molecule has 5 heteroatoms. The lowest BCUT2D eigenvalue weighted by molar-refractivity contribution is -0.113. The topological polar surface area (TPSA) is 66.4 Å². The Hall–Kier alpha value is -1.55. The standard InChI is InChI=1S/C11H12ClNO3/c1-6-3-8(11(15)16)4-7(2)10(6)13-9(14)5-12/h3-4H,5H2,1-2H3,(H,13,14)(H,15,16). The number of aromatic carboxylic acids is 1. The number of hydrogen-bond acceptors (Lipinski definition) is 2. The fraction of sp³-hybridized carbons (Fsp3) is 0.273. The van der Waals surface area contributed by atoms with Gasteiger partial charge in [0.05, 0.1) is 5.56 Å². The van der Waals surface area contributed by atoms with Crippen LogP contribution in [0.4, 0.5) is 5.69 Å². The second kappa shape index (κ2) is 4.99. The summed E-state index contributed by atoms with van der Waals surface area (Å²) in [6.45, 7) is 3.48. The van der Waals surface area contributed by atoms with Crippen LogP contribution in [0, 0.1) is 13.8 Å². The van der Waals surface area contributed by atoms with Crippen LogP contribution in [0.5, 0.6) is 0 Å². The van der Waals surface area contributed by atoms with Crippen molar-refractivity contribution >= 4 is 29.2 Å². The number of alkyl halides is 1. The van der Waals surface area contributed by atoms with Crippen LogP contribution in [-0.4, -0.2) is 22.9 Å². The molecular weight excluding hydrogens is 230 g/mol. The number of carboxylic acid groups (broad SMARTS) is 1. The van der Waals surface area contributed by atoms with E-state index >= 15 is 0 Å². The first-order chi connectivity index (χ1) is 7.45. The number of benzene rings is 1. The quantitative estimate of drug-likeness (QED) is 0.797. The van der Waals surface area contributed by atoms with Crippen molar-refractivity contribution in [2.45, 2.75) is 13.8 Å². The zero-order chi connectivity index (χ0) is 12.3. The zero-order valence-corrected chi connectivity index (χ0v) is 9.76. The summed E-state index contributed by atoms with van der Waals surface area (Å²) in [6.07, 6.45) is 0. The Morgan fingerprint density at radius 3 is 2.19 bits per heavy atom. The third kappa shape index (κ3) is 2.73. The number of anilines is 1. The highest BCUT2D eigenvalue weighted by atomic mass is 35.5. The van der Waals surface area contributed by atoms with Crippen LogP contribution in [-0.2, 0) is 4.79 Å². The van der Waals surface area contributed by atoms with Crippen molar-refractivity contribution in [1.82, 2.24) is 0 Å². The van der Waals surface area contributed by atoms with Gasteiger partial charge in [0.2, 0.25) is 5.91 Å². The molecule has 0 aliphatic heterocycles. The van der Waals surface area contributed by atoms with Crippen molar-refractivity contribution in [2.24, 2.45) is 0 Å². The fourth-order valence-corrected chi connectivity index (χ4v) is 1.52. The van der Waals surface area contributed by atoms with Gasteiger partial charge in [-0.3, -0.25) is 4.79 Å². The molecular formula is C11H12ClNO3. The lowest BCUT2D eigenvalue weighted by atomic mass is 10.0. The van der Waals surface area contributed by atoms with Crippen LogP contribution < -0.4 is 5.32 Å². The molecule has 1 aromatic carbocycles. The van der Waals surface area contributed by atoms with E-state index in [2.05, 4.69) is 5.32 Å². The van der Waals surface area contributed by atoms with Crippen molar-refractivity contribution in [3.63, 3.8) is 0 Å². The molecule has 0 spiro atoms. The first-order valence-electron chi connectivity index (χ1n) is 4.66. The lowest BCUT2D eigenvalue weighted by Crippen LogP contribution is -2.15. The first kappa shape index (κ1) is 12.5. The summed E-state index contributed by atoms with van der Waals surface area (Å²) >= 11 is 5.38. The molecule has 1 aromatic rings. The van der Waals surface area contributed by atoms with Gasteiger partial charge in [-0.05, 0) is 37.1 Å². The maximum Gasteiger partial charge on any atom is 0.335 e. The van der Waals surface area contributed by atoms with Gasteiger partial charge in [0, 0.05) is 5.69 Å². The Morgan fingerprint density at radius 1 is 1.31 bits per heavy atom. The number of nitrogens with one attached hydrogen (secondary N) is 1. The number of carboxylic acids is 1. The molecule has 16 heavy (non-hydrogen) atoms. The predicted octanol–water partition coefficient (Wildman–Crippen LogP) is 2.18. The van der Waals surface area contributed by atoms with E-state index in [1.807, 2.05) is 0 Å². The van der Waals surface area contributed by atoms with Gasteiger partial charge in [-0.15, -0.1) is 11.6 Å². The van der Waals surface area contributed by atoms with Crippen molar-refractivity contribution in [3.05, 3.63) is 28.8 Å². The van der Waals surface area contributed by atoms with E-state index in [1.165, 1.54) is 12.1 Å². The van der Waals surface area contributed by atoms with Gasteiger partial charge in [0.15, 0.2) is 0 Å². The monoisotopic (exact) mass is 241 g/mol. The van der Waals surface area contributed by atoms with Crippen LogP contribution in [0.1, 0.15) is 21.5 Å². The van der Waals surface area contributed by atoms with Gasteiger partial charge in [0.1, 0.15) is 5.88 Å². The van der Waals surface area contributed by atoms with Crippen molar-refractivity contribution < 1.29 is 14.7 Å². The minimum Gasteiger partial charge on any atom is -0.478 e. The molecule has 0 aliphatic carbocycles. The van der Waals surface area contributed by atoms with Crippen LogP contribution >= 0.6 is 11.6 Å². The molecule has 0 aromatic heterocycles. The normalized spacial score (nSPS) is 9.94. The zero-order valence-electron chi connectivity index (χ0n) is 9.00. The summed E-state index contributed by atoms with van der Waals surface area (Å²) in [7, 11) is 0. The van der Waals surface area contributed by atoms with Crippen LogP contribution in [0.3, 0.4) is 0 Å². The summed E-state index contributed by atoms with van der Waals surface area (Å²) in [5.74, 6) is -1.42. The number of rotatable bonds is 3. The Bertz CT molecular complexity index is 420. The Kier molecular flexibility index (Phi) is 3.90.